The standard InChI is InChI=1S/C15H20N4OS/c1-9-8-19(2)7-5-11(9)18-14(20)13-12(16)10-4-3-6-17-15(10)21-13/h3-4,6,9,11H,5,7-8,16H2,1-2H3,(H,18,20). The fourth-order valence-corrected chi connectivity index (χ4v) is 3.89. The van der Waals surface area contributed by atoms with Crippen molar-refractivity contribution in [1.82, 2.24) is 15.2 Å². The number of anilines is 1. The van der Waals surface area contributed by atoms with E-state index in [1.165, 1.54) is 11.3 Å². The first-order valence-corrected chi connectivity index (χ1v) is 8.00. The Labute approximate surface area is 128 Å². The molecule has 1 aliphatic rings. The number of hydrogen-bond acceptors (Lipinski definition) is 5. The molecule has 2 unspecified atom stereocenters. The molecule has 2 atom stereocenters. The summed E-state index contributed by atoms with van der Waals surface area (Å²) in [5.41, 5.74) is 6.65. The molecule has 2 aromatic rings. The Morgan fingerprint density at radius 2 is 2.38 bits per heavy atom. The van der Waals surface area contributed by atoms with Gasteiger partial charge in [-0.1, -0.05) is 6.92 Å². The maximum absolute atomic E-state index is 12.5. The quantitative estimate of drug-likeness (QED) is 0.889. The molecule has 1 amide bonds. The second-order valence-corrected chi connectivity index (χ2v) is 6.81. The second-order valence-electron chi connectivity index (χ2n) is 5.81. The van der Waals surface area contributed by atoms with E-state index in [1.807, 2.05) is 12.1 Å². The molecule has 0 saturated carbocycles. The van der Waals surface area contributed by atoms with Crippen molar-refractivity contribution in [3.63, 3.8) is 0 Å². The molecule has 2 aromatic heterocycles. The monoisotopic (exact) mass is 304 g/mol. The molecule has 112 valence electrons. The van der Waals surface area contributed by atoms with Crippen LogP contribution in [0.2, 0.25) is 0 Å². The number of fused-ring (bicyclic) bond motifs is 1. The third kappa shape index (κ3) is 2.73. The van der Waals surface area contributed by atoms with Gasteiger partial charge in [0.1, 0.15) is 9.71 Å². The zero-order valence-electron chi connectivity index (χ0n) is 12.3. The summed E-state index contributed by atoms with van der Waals surface area (Å²) < 4.78 is 0. The molecular formula is C15H20N4OS. The van der Waals surface area contributed by atoms with Crippen LogP contribution in [0.5, 0.6) is 0 Å². The predicted octanol–water partition coefficient (Wildman–Crippen LogP) is 1.95. The minimum Gasteiger partial charge on any atom is -0.397 e. The maximum Gasteiger partial charge on any atom is 0.263 e. The van der Waals surface area contributed by atoms with Crippen LogP contribution in [0, 0.1) is 5.92 Å². The first kappa shape index (κ1) is 14.3. The van der Waals surface area contributed by atoms with Gasteiger partial charge < -0.3 is 16.0 Å². The van der Waals surface area contributed by atoms with E-state index in [4.69, 9.17) is 5.73 Å². The highest BCUT2D eigenvalue weighted by atomic mass is 32.1. The Morgan fingerprint density at radius 1 is 1.57 bits per heavy atom. The third-order valence-electron chi connectivity index (χ3n) is 4.14. The molecule has 1 saturated heterocycles. The lowest BCUT2D eigenvalue weighted by Crippen LogP contribution is -2.48. The van der Waals surface area contributed by atoms with Gasteiger partial charge >= 0.3 is 0 Å². The van der Waals surface area contributed by atoms with E-state index in [2.05, 4.69) is 29.2 Å². The smallest absolute Gasteiger partial charge is 0.263 e. The van der Waals surface area contributed by atoms with Gasteiger partial charge in [-0.05, 0) is 38.1 Å². The van der Waals surface area contributed by atoms with Gasteiger partial charge in [-0.2, -0.15) is 0 Å². The molecule has 0 aromatic carbocycles. The Bertz CT molecular complexity index is 669. The van der Waals surface area contributed by atoms with Gasteiger partial charge in [0, 0.05) is 24.2 Å². The summed E-state index contributed by atoms with van der Waals surface area (Å²) in [7, 11) is 2.12. The van der Waals surface area contributed by atoms with Gasteiger partial charge in [0.05, 0.1) is 5.69 Å². The Kier molecular flexibility index (Phi) is 3.82. The predicted molar refractivity (Wildman–Crippen MR) is 86.6 cm³/mol. The minimum atomic E-state index is -0.0723. The van der Waals surface area contributed by atoms with Gasteiger partial charge in [-0.15, -0.1) is 11.3 Å². The average molecular weight is 304 g/mol. The van der Waals surface area contributed by atoms with Crippen molar-refractivity contribution in [2.75, 3.05) is 25.9 Å². The second kappa shape index (κ2) is 5.61. The average Bonchev–Trinajstić information content (AvgIpc) is 2.80. The Balaban J connectivity index is 1.79. The molecule has 6 heteroatoms. The molecule has 3 N–H and O–H groups in total. The van der Waals surface area contributed by atoms with Crippen LogP contribution in [0.15, 0.2) is 18.3 Å². The topological polar surface area (TPSA) is 71.2 Å². The summed E-state index contributed by atoms with van der Waals surface area (Å²) >= 11 is 1.36. The summed E-state index contributed by atoms with van der Waals surface area (Å²) in [6.07, 6.45) is 2.70. The number of carbonyl (C=O) groups excluding carboxylic acids is 1. The number of nitrogen functional groups attached to an aromatic ring is 1. The van der Waals surface area contributed by atoms with Crippen LogP contribution in [0.1, 0.15) is 23.0 Å². The number of pyridine rings is 1. The normalized spacial score (nSPS) is 23.3. The lowest BCUT2D eigenvalue weighted by Gasteiger charge is -2.35. The molecule has 5 nitrogen and oxygen atoms in total. The molecule has 0 aliphatic carbocycles. The van der Waals surface area contributed by atoms with E-state index in [-0.39, 0.29) is 11.9 Å². The fraction of sp³-hybridized carbons (Fsp3) is 0.467. The largest absolute Gasteiger partial charge is 0.397 e. The van der Waals surface area contributed by atoms with Crippen molar-refractivity contribution in [2.45, 2.75) is 19.4 Å². The van der Waals surface area contributed by atoms with Crippen LogP contribution in [0.4, 0.5) is 5.69 Å². The fourth-order valence-electron chi connectivity index (χ4n) is 2.92. The van der Waals surface area contributed by atoms with E-state index in [0.29, 0.717) is 16.5 Å². The van der Waals surface area contributed by atoms with Gasteiger partial charge in [-0.3, -0.25) is 4.79 Å². The number of aromatic nitrogens is 1. The van der Waals surface area contributed by atoms with Crippen molar-refractivity contribution >= 4 is 33.1 Å². The highest BCUT2D eigenvalue weighted by Gasteiger charge is 2.27. The number of nitrogens with one attached hydrogen (secondary N) is 1. The molecule has 1 fully saturated rings. The molecule has 3 rings (SSSR count). The highest BCUT2D eigenvalue weighted by molar-refractivity contribution is 7.21. The first-order valence-electron chi connectivity index (χ1n) is 7.18. The molecular weight excluding hydrogens is 284 g/mol. The lowest BCUT2D eigenvalue weighted by atomic mass is 9.94. The highest BCUT2D eigenvalue weighted by Crippen LogP contribution is 2.32. The van der Waals surface area contributed by atoms with E-state index in [0.717, 1.165) is 29.7 Å². The van der Waals surface area contributed by atoms with Crippen molar-refractivity contribution in [2.24, 2.45) is 5.92 Å². The number of rotatable bonds is 2. The molecule has 0 bridgehead atoms. The van der Waals surface area contributed by atoms with Gasteiger partial charge in [0.15, 0.2) is 0 Å². The molecule has 0 spiro atoms. The van der Waals surface area contributed by atoms with Gasteiger partial charge in [0.2, 0.25) is 0 Å². The number of thiophene rings is 1. The number of nitrogens with zero attached hydrogens (tertiary/aromatic N) is 2. The number of likely N-dealkylation sites (tertiary alicyclic amines) is 1. The van der Waals surface area contributed by atoms with Crippen LogP contribution in [0.25, 0.3) is 10.2 Å². The molecule has 1 aliphatic heterocycles. The maximum atomic E-state index is 12.5. The van der Waals surface area contributed by atoms with Crippen molar-refractivity contribution < 1.29 is 4.79 Å². The number of amides is 1. The van der Waals surface area contributed by atoms with Crippen molar-refractivity contribution in [1.29, 1.82) is 0 Å². The van der Waals surface area contributed by atoms with E-state index < -0.39 is 0 Å². The molecule has 3 heterocycles. The van der Waals surface area contributed by atoms with E-state index in [1.54, 1.807) is 6.20 Å². The number of nitrogens with two attached hydrogens (primary N) is 1. The lowest BCUT2D eigenvalue weighted by molar-refractivity contribution is 0.0889. The van der Waals surface area contributed by atoms with Crippen LogP contribution in [-0.4, -0.2) is 42.0 Å². The zero-order valence-corrected chi connectivity index (χ0v) is 13.1. The summed E-state index contributed by atoms with van der Waals surface area (Å²) in [5, 5.41) is 4.01. The third-order valence-corrected chi connectivity index (χ3v) is 5.26. The Hall–Kier alpha value is -1.66. The molecule has 21 heavy (non-hydrogen) atoms. The van der Waals surface area contributed by atoms with Gasteiger partial charge in [0.25, 0.3) is 5.91 Å². The zero-order chi connectivity index (χ0) is 15.0. The summed E-state index contributed by atoms with van der Waals surface area (Å²) in [5.74, 6) is 0.373. The first-order chi connectivity index (χ1) is 10.1. The number of hydrogen-bond donors (Lipinski definition) is 2. The Morgan fingerprint density at radius 3 is 3.10 bits per heavy atom. The van der Waals surface area contributed by atoms with E-state index >= 15 is 0 Å². The number of piperidine rings is 1. The summed E-state index contributed by atoms with van der Waals surface area (Å²) in [6.45, 7) is 4.20. The van der Waals surface area contributed by atoms with Crippen LogP contribution >= 0.6 is 11.3 Å². The van der Waals surface area contributed by atoms with Crippen molar-refractivity contribution in [3.05, 3.63) is 23.2 Å². The van der Waals surface area contributed by atoms with Crippen molar-refractivity contribution in [3.8, 4) is 0 Å². The minimum absolute atomic E-state index is 0.0723. The SMILES string of the molecule is CC1CN(C)CCC1NC(=O)c1sc2ncccc2c1N. The van der Waals surface area contributed by atoms with Gasteiger partial charge in [-0.25, -0.2) is 4.98 Å². The van der Waals surface area contributed by atoms with Crippen LogP contribution in [-0.2, 0) is 0 Å². The van der Waals surface area contributed by atoms with E-state index in [9.17, 15) is 4.79 Å². The van der Waals surface area contributed by atoms with Crippen LogP contribution in [0.3, 0.4) is 0 Å². The molecule has 0 radical (unpaired) electrons. The van der Waals surface area contributed by atoms with Crippen LogP contribution < -0.4 is 11.1 Å². The summed E-state index contributed by atoms with van der Waals surface area (Å²) in [4.78, 5) is 20.5. The number of carbonyl (C=O) groups is 1. The summed E-state index contributed by atoms with van der Waals surface area (Å²) in [6, 6.07) is 3.96.